The van der Waals surface area contributed by atoms with Crippen LogP contribution in [0.5, 0.6) is 11.5 Å². The van der Waals surface area contributed by atoms with Crippen LogP contribution >= 0.6 is 11.6 Å². The molecule has 0 bridgehead atoms. The maximum Gasteiger partial charge on any atom is 0.264 e. The molecule has 0 aliphatic rings. The fourth-order valence-corrected chi connectivity index (χ4v) is 4.53. The highest BCUT2D eigenvalue weighted by Crippen LogP contribution is 2.29. The molecule has 3 aromatic rings. The Bertz CT molecular complexity index is 1220. The van der Waals surface area contributed by atoms with Gasteiger partial charge in [0.2, 0.25) is 5.91 Å². The van der Waals surface area contributed by atoms with Crippen LogP contribution in [0.4, 0.5) is 15.8 Å². The molecule has 0 aliphatic carbocycles. The van der Waals surface area contributed by atoms with Gasteiger partial charge in [0.15, 0.2) is 0 Å². The molecule has 0 saturated carbocycles. The van der Waals surface area contributed by atoms with E-state index in [4.69, 9.17) is 21.1 Å². The molecule has 0 heterocycles. The van der Waals surface area contributed by atoms with Gasteiger partial charge >= 0.3 is 0 Å². The number of nitrogens with zero attached hydrogens (tertiary/aromatic N) is 1. The minimum absolute atomic E-state index is 0.130. The number of methoxy groups -OCH3 is 2. The average Bonchev–Trinajstić information content (AvgIpc) is 2.78. The number of carbonyl (C=O) groups excluding carboxylic acids is 1. The molecule has 0 aliphatic heterocycles. The summed E-state index contributed by atoms with van der Waals surface area (Å²) in [5.41, 5.74) is -0.0168. The van der Waals surface area contributed by atoms with E-state index in [-0.39, 0.29) is 16.3 Å². The largest absolute Gasteiger partial charge is 0.497 e. The third kappa shape index (κ3) is 5.12. The molecule has 3 aromatic carbocycles. The van der Waals surface area contributed by atoms with Gasteiger partial charge in [0, 0.05) is 5.02 Å². The first-order valence-corrected chi connectivity index (χ1v) is 11.1. The van der Waals surface area contributed by atoms with E-state index in [1.165, 1.54) is 62.8 Å². The molecule has 1 amide bonds. The Hall–Kier alpha value is -3.30. The Labute approximate surface area is 190 Å². The zero-order chi connectivity index (χ0) is 23.3. The first-order chi connectivity index (χ1) is 15.3. The highest BCUT2D eigenvalue weighted by atomic mass is 35.5. The number of para-hydroxylation sites is 1. The van der Waals surface area contributed by atoms with Crippen LogP contribution in [0.1, 0.15) is 0 Å². The van der Waals surface area contributed by atoms with Crippen molar-refractivity contribution in [1.82, 2.24) is 0 Å². The van der Waals surface area contributed by atoms with Crippen molar-refractivity contribution in [2.24, 2.45) is 0 Å². The van der Waals surface area contributed by atoms with E-state index in [1.807, 2.05) is 0 Å². The molecule has 1 N–H and O–H groups in total. The Kier molecular flexibility index (Phi) is 7.22. The van der Waals surface area contributed by atoms with Crippen molar-refractivity contribution in [1.29, 1.82) is 0 Å². The number of hydrogen-bond acceptors (Lipinski definition) is 5. The molecule has 0 atom stereocenters. The summed E-state index contributed by atoms with van der Waals surface area (Å²) in [4.78, 5) is 12.7. The molecule has 168 valence electrons. The highest BCUT2D eigenvalue weighted by molar-refractivity contribution is 7.92. The quantitative estimate of drug-likeness (QED) is 0.521. The van der Waals surface area contributed by atoms with Crippen LogP contribution in [0.2, 0.25) is 5.02 Å². The summed E-state index contributed by atoms with van der Waals surface area (Å²) in [6.45, 7) is -0.690. The van der Waals surface area contributed by atoms with Gasteiger partial charge in [-0.2, -0.15) is 0 Å². The predicted octanol–water partition coefficient (Wildman–Crippen LogP) is 4.33. The van der Waals surface area contributed by atoms with Crippen LogP contribution < -0.4 is 19.1 Å². The number of sulfonamides is 1. The predicted molar refractivity (Wildman–Crippen MR) is 121 cm³/mol. The maximum absolute atomic E-state index is 14.6. The standard InChI is InChI=1S/C22H20ClFN2O5S/c1-30-16-8-10-17(11-9-16)32(28,29)26(20-6-4-3-5-18(20)24)14-22(27)25-19-13-15(23)7-12-21(19)31-2/h3-13H,14H2,1-2H3,(H,25,27). The molecular weight excluding hydrogens is 459 g/mol. The highest BCUT2D eigenvalue weighted by Gasteiger charge is 2.29. The van der Waals surface area contributed by atoms with E-state index in [1.54, 1.807) is 12.1 Å². The summed E-state index contributed by atoms with van der Waals surface area (Å²) in [6, 6.07) is 15.5. The van der Waals surface area contributed by atoms with Crippen LogP contribution in [-0.4, -0.2) is 35.1 Å². The van der Waals surface area contributed by atoms with E-state index < -0.39 is 28.3 Å². The normalized spacial score (nSPS) is 11.0. The molecule has 0 fully saturated rings. The first-order valence-electron chi connectivity index (χ1n) is 9.31. The first kappa shape index (κ1) is 23.4. The van der Waals surface area contributed by atoms with Gasteiger partial charge in [-0.05, 0) is 54.6 Å². The third-order valence-corrected chi connectivity index (χ3v) is 6.50. The van der Waals surface area contributed by atoms with Crippen LogP contribution in [0.3, 0.4) is 0 Å². The lowest BCUT2D eigenvalue weighted by Crippen LogP contribution is -2.38. The summed E-state index contributed by atoms with van der Waals surface area (Å²) in [7, 11) is -1.43. The maximum atomic E-state index is 14.6. The molecule has 3 rings (SSSR count). The Balaban J connectivity index is 1.98. The zero-order valence-corrected chi connectivity index (χ0v) is 18.8. The number of anilines is 2. The second kappa shape index (κ2) is 9.88. The van der Waals surface area contributed by atoms with Gasteiger partial charge in [0.05, 0.1) is 30.5 Å². The molecule has 10 heteroatoms. The summed E-state index contributed by atoms with van der Waals surface area (Å²) < 4.78 is 52.2. The van der Waals surface area contributed by atoms with Crippen molar-refractivity contribution in [3.05, 3.63) is 77.6 Å². The molecule has 7 nitrogen and oxygen atoms in total. The number of halogens is 2. The lowest BCUT2D eigenvalue weighted by atomic mass is 10.3. The van der Waals surface area contributed by atoms with Gasteiger partial charge in [-0.3, -0.25) is 9.10 Å². The smallest absolute Gasteiger partial charge is 0.264 e. The van der Waals surface area contributed by atoms with Crippen LogP contribution in [0.25, 0.3) is 0 Å². The van der Waals surface area contributed by atoms with Gasteiger partial charge in [-0.1, -0.05) is 23.7 Å². The van der Waals surface area contributed by atoms with Gasteiger partial charge in [0.25, 0.3) is 10.0 Å². The Morgan fingerprint density at radius 1 is 1.03 bits per heavy atom. The molecule has 0 spiro atoms. The lowest BCUT2D eigenvalue weighted by molar-refractivity contribution is -0.114. The third-order valence-electron chi connectivity index (χ3n) is 4.49. The molecule has 0 unspecified atom stereocenters. The molecule has 32 heavy (non-hydrogen) atoms. The summed E-state index contributed by atoms with van der Waals surface area (Å²) in [5, 5.41) is 2.91. The van der Waals surface area contributed by atoms with E-state index in [0.29, 0.717) is 20.8 Å². The molecular formula is C22H20ClFN2O5S. The van der Waals surface area contributed by atoms with Crippen LogP contribution in [-0.2, 0) is 14.8 Å². The lowest BCUT2D eigenvalue weighted by Gasteiger charge is -2.24. The fourth-order valence-electron chi connectivity index (χ4n) is 2.93. The summed E-state index contributed by atoms with van der Waals surface area (Å²) >= 11 is 5.98. The summed E-state index contributed by atoms with van der Waals surface area (Å²) in [5.74, 6) is -0.728. The van der Waals surface area contributed by atoms with Crippen LogP contribution in [0.15, 0.2) is 71.6 Å². The number of nitrogens with one attached hydrogen (secondary N) is 1. The number of amides is 1. The van der Waals surface area contributed by atoms with Crippen LogP contribution in [0, 0.1) is 5.82 Å². The fraction of sp³-hybridized carbons (Fsp3) is 0.136. The van der Waals surface area contributed by atoms with Crippen molar-refractivity contribution in [2.75, 3.05) is 30.4 Å². The van der Waals surface area contributed by atoms with E-state index in [2.05, 4.69) is 5.32 Å². The SMILES string of the molecule is COc1ccc(S(=O)(=O)N(CC(=O)Nc2cc(Cl)ccc2OC)c2ccccc2F)cc1. The van der Waals surface area contributed by atoms with Crippen molar-refractivity contribution >= 4 is 38.9 Å². The minimum Gasteiger partial charge on any atom is -0.497 e. The van der Waals surface area contributed by atoms with Crippen molar-refractivity contribution < 1.29 is 27.1 Å². The molecule has 0 aromatic heterocycles. The summed E-state index contributed by atoms with van der Waals surface area (Å²) in [6.07, 6.45) is 0. The second-order valence-electron chi connectivity index (χ2n) is 6.53. The van der Waals surface area contributed by atoms with Crippen molar-refractivity contribution in [2.45, 2.75) is 4.90 Å². The molecule has 0 saturated heterocycles. The number of carbonyl (C=O) groups is 1. The van der Waals surface area contributed by atoms with Crippen molar-refractivity contribution in [3.8, 4) is 11.5 Å². The minimum atomic E-state index is -4.29. The van der Waals surface area contributed by atoms with Gasteiger partial charge < -0.3 is 14.8 Å². The Morgan fingerprint density at radius 3 is 2.34 bits per heavy atom. The van der Waals surface area contributed by atoms with Gasteiger partial charge in [0.1, 0.15) is 23.9 Å². The van der Waals surface area contributed by atoms with E-state index >= 15 is 0 Å². The van der Waals surface area contributed by atoms with Gasteiger partial charge in [-0.25, -0.2) is 12.8 Å². The average molecular weight is 479 g/mol. The number of benzene rings is 3. The van der Waals surface area contributed by atoms with E-state index in [9.17, 15) is 17.6 Å². The second-order valence-corrected chi connectivity index (χ2v) is 8.83. The molecule has 0 radical (unpaired) electrons. The number of ether oxygens (including phenoxy) is 2. The topological polar surface area (TPSA) is 84.9 Å². The zero-order valence-electron chi connectivity index (χ0n) is 17.2. The monoisotopic (exact) mass is 478 g/mol. The number of hydrogen-bond donors (Lipinski definition) is 1. The Morgan fingerprint density at radius 2 is 1.72 bits per heavy atom. The number of rotatable bonds is 8. The van der Waals surface area contributed by atoms with Gasteiger partial charge in [-0.15, -0.1) is 0 Å². The van der Waals surface area contributed by atoms with Crippen molar-refractivity contribution in [3.63, 3.8) is 0 Å². The van der Waals surface area contributed by atoms with E-state index in [0.717, 1.165) is 6.07 Å².